The molecule has 0 aliphatic rings. The van der Waals surface area contributed by atoms with Crippen LogP contribution >= 0.6 is 0 Å². The normalized spacial score (nSPS) is 11.3. The van der Waals surface area contributed by atoms with Crippen LogP contribution in [-0.2, 0) is 21.4 Å². The van der Waals surface area contributed by atoms with E-state index in [1.54, 1.807) is 37.5 Å². The molecule has 2 N–H and O–H groups in total. The molecule has 0 saturated carbocycles. The van der Waals surface area contributed by atoms with Gasteiger partial charge in [0.05, 0.1) is 13.4 Å². The molecule has 0 bridgehead atoms. The number of carbonyl (C=O) groups excluding carboxylic acids is 1. The number of amides is 1. The number of hydrogen-bond acceptors (Lipinski definition) is 4. The van der Waals surface area contributed by atoms with E-state index in [-0.39, 0.29) is 5.91 Å². The zero-order valence-corrected chi connectivity index (χ0v) is 14.8. The molecule has 25 heavy (non-hydrogen) atoms. The molecule has 0 unspecified atom stereocenters. The summed E-state index contributed by atoms with van der Waals surface area (Å²) in [6.07, 6.45) is 4.17. The first-order chi connectivity index (χ1) is 11.9. The minimum Gasteiger partial charge on any atom is -0.496 e. The lowest BCUT2D eigenvalue weighted by Gasteiger charge is -2.08. The third-order valence-electron chi connectivity index (χ3n) is 3.29. The van der Waals surface area contributed by atoms with Gasteiger partial charge < -0.3 is 10.1 Å². The Labute approximate surface area is 147 Å². The number of para-hydroxylation sites is 1. The van der Waals surface area contributed by atoms with E-state index in [1.165, 1.54) is 6.08 Å². The molecule has 0 aliphatic heterocycles. The second kappa shape index (κ2) is 8.34. The van der Waals surface area contributed by atoms with Crippen LogP contribution in [0.5, 0.6) is 5.75 Å². The van der Waals surface area contributed by atoms with Crippen molar-refractivity contribution < 1.29 is 17.9 Å². The average Bonchev–Trinajstić information content (AvgIpc) is 2.58. The SMILES string of the molecule is COc1ccccc1CNC(=O)/C=C/c1ccc(NS(C)(=O)=O)cc1. The van der Waals surface area contributed by atoms with Crippen molar-refractivity contribution >= 4 is 27.7 Å². The van der Waals surface area contributed by atoms with Gasteiger partial charge in [0.15, 0.2) is 0 Å². The molecule has 0 saturated heterocycles. The van der Waals surface area contributed by atoms with Crippen molar-refractivity contribution in [1.82, 2.24) is 5.32 Å². The minimum atomic E-state index is -3.30. The fourth-order valence-corrected chi connectivity index (χ4v) is 2.70. The van der Waals surface area contributed by atoms with Gasteiger partial charge in [-0.3, -0.25) is 9.52 Å². The predicted molar refractivity (Wildman–Crippen MR) is 98.8 cm³/mol. The lowest BCUT2D eigenvalue weighted by molar-refractivity contribution is -0.116. The average molecular weight is 360 g/mol. The summed E-state index contributed by atoms with van der Waals surface area (Å²) in [5.74, 6) is 0.491. The maximum absolute atomic E-state index is 11.9. The van der Waals surface area contributed by atoms with E-state index in [0.29, 0.717) is 12.2 Å². The molecule has 0 fully saturated rings. The van der Waals surface area contributed by atoms with E-state index in [0.717, 1.165) is 23.1 Å². The summed E-state index contributed by atoms with van der Waals surface area (Å²) in [5, 5.41) is 2.79. The van der Waals surface area contributed by atoms with Crippen LogP contribution in [0.15, 0.2) is 54.6 Å². The molecule has 6 nitrogen and oxygen atoms in total. The van der Waals surface area contributed by atoms with Crippen LogP contribution in [-0.4, -0.2) is 27.7 Å². The first-order valence-corrected chi connectivity index (χ1v) is 9.42. The zero-order chi connectivity index (χ0) is 18.3. The number of benzene rings is 2. The van der Waals surface area contributed by atoms with Crippen LogP contribution in [0, 0.1) is 0 Å². The lowest BCUT2D eigenvalue weighted by atomic mass is 10.2. The summed E-state index contributed by atoms with van der Waals surface area (Å²) in [6, 6.07) is 14.2. The van der Waals surface area contributed by atoms with Crippen molar-refractivity contribution in [3.05, 3.63) is 65.7 Å². The molecule has 0 heterocycles. The summed E-state index contributed by atoms with van der Waals surface area (Å²) in [6.45, 7) is 0.365. The van der Waals surface area contributed by atoms with Crippen molar-refractivity contribution in [1.29, 1.82) is 0 Å². The van der Waals surface area contributed by atoms with Gasteiger partial charge in [0.25, 0.3) is 0 Å². The van der Waals surface area contributed by atoms with Crippen LogP contribution in [0.4, 0.5) is 5.69 Å². The van der Waals surface area contributed by atoms with Crippen LogP contribution in [0.1, 0.15) is 11.1 Å². The van der Waals surface area contributed by atoms with Crippen LogP contribution in [0.2, 0.25) is 0 Å². The van der Waals surface area contributed by atoms with Crippen molar-refractivity contribution in [3.63, 3.8) is 0 Å². The molecular formula is C18H20N2O4S. The predicted octanol–water partition coefficient (Wildman–Crippen LogP) is 2.40. The van der Waals surface area contributed by atoms with Gasteiger partial charge >= 0.3 is 0 Å². The Morgan fingerprint density at radius 3 is 2.44 bits per heavy atom. The van der Waals surface area contributed by atoms with Crippen molar-refractivity contribution in [3.8, 4) is 5.75 Å². The summed E-state index contributed by atoms with van der Waals surface area (Å²) < 4.78 is 29.9. The fraction of sp³-hybridized carbons (Fsp3) is 0.167. The molecule has 0 aromatic heterocycles. The highest BCUT2D eigenvalue weighted by Gasteiger charge is 2.03. The Kier molecular flexibility index (Phi) is 6.19. The minimum absolute atomic E-state index is 0.232. The van der Waals surface area contributed by atoms with E-state index in [9.17, 15) is 13.2 Å². The number of ether oxygens (including phenoxy) is 1. The molecule has 132 valence electrons. The first-order valence-electron chi connectivity index (χ1n) is 7.53. The fourth-order valence-electron chi connectivity index (χ4n) is 2.14. The van der Waals surface area contributed by atoms with Gasteiger partial charge in [0.1, 0.15) is 5.75 Å². The summed E-state index contributed by atoms with van der Waals surface area (Å²) in [7, 11) is -1.71. The number of sulfonamides is 1. The van der Waals surface area contributed by atoms with E-state index in [2.05, 4.69) is 10.0 Å². The quantitative estimate of drug-likeness (QED) is 0.743. The van der Waals surface area contributed by atoms with Gasteiger partial charge in [0, 0.05) is 23.9 Å². The molecule has 0 atom stereocenters. The van der Waals surface area contributed by atoms with Gasteiger partial charge in [-0.15, -0.1) is 0 Å². The second-order valence-electron chi connectivity index (χ2n) is 5.36. The smallest absolute Gasteiger partial charge is 0.244 e. The monoisotopic (exact) mass is 360 g/mol. The molecule has 0 spiro atoms. The van der Waals surface area contributed by atoms with Gasteiger partial charge in [-0.05, 0) is 29.8 Å². The first kappa shape index (κ1) is 18.5. The zero-order valence-electron chi connectivity index (χ0n) is 14.0. The molecule has 1 amide bonds. The number of hydrogen-bond donors (Lipinski definition) is 2. The van der Waals surface area contributed by atoms with Crippen LogP contribution < -0.4 is 14.8 Å². The Bertz CT molecular complexity index is 859. The second-order valence-corrected chi connectivity index (χ2v) is 7.11. The number of rotatable bonds is 7. The maximum Gasteiger partial charge on any atom is 0.244 e. The van der Waals surface area contributed by atoms with Crippen molar-refractivity contribution in [2.45, 2.75) is 6.54 Å². The van der Waals surface area contributed by atoms with Gasteiger partial charge in [-0.1, -0.05) is 30.3 Å². The Balaban J connectivity index is 1.91. The summed E-state index contributed by atoms with van der Waals surface area (Å²) >= 11 is 0. The van der Waals surface area contributed by atoms with Gasteiger partial charge in [-0.2, -0.15) is 0 Å². The van der Waals surface area contributed by atoms with Crippen LogP contribution in [0.25, 0.3) is 6.08 Å². The van der Waals surface area contributed by atoms with E-state index in [4.69, 9.17) is 4.74 Å². The number of methoxy groups -OCH3 is 1. The molecule has 0 aliphatic carbocycles. The van der Waals surface area contributed by atoms with E-state index < -0.39 is 10.0 Å². The standard InChI is InChI=1S/C18H20N2O4S/c1-24-17-6-4-3-5-15(17)13-19-18(21)12-9-14-7-10-16(11-8-14)20-25(2,22)23/h3-12,20H,13H2,1-2H3,(H,19,21)/b12-9+. The van der Waals surface area contributed by atoms with Gasteiger partial charge in [-0.25, -0.2) is 8.42 Å². The lowest BCUT2D eigenvalue weighted by Crippen LogP contribution is -2.20. The van der Waals surface area contributed by atoms with Crippen LogP contribution in [0.3, 0.4) is 0 Å². The summed E-state index contributed by atoms with van der Waals surface area (Å²) in [4.78, 5) is 11.9. The number of nitrogens with one attached hydrogen (secondary N) is 2. The molecule has 2 rings (SSSR count). The number of carbonyl (C=O) groups is 1. The Morgan fingerprint density at radius 1 is 1.12 bits per heavy atom. The van der Waals surface area contributed by atoms with Crippen molar-refractivity contribution in [2.75, 3.05) is 18.1 Å². The summed E-state index contributed by atoms with van der Waals surface area (Å²) in [5.41, 5.74) is 2.15. The Morgan fingerprint density at radius 2 is 1.80 bits per heavy atom. The molecule has 7 heteroatoms. The largest absolute Gasteiger partial charge is 0.496 e. The molecular weight excluding hydrogens is 340 g/mol. The highest BCUT2D eigenvalue weighted by molar-refractivity contribution is 7.92. The molecule has 2 aromatic rings. The molecule has 0 radical (unpaired) electrons. The van der Waals surface area contributed by atoms with E-state index >= 15 is 0 Å². The number of anilines is 1. The van der Waals surface area contributed by atoms with Gasteiger partial charge in [0.2, 0.25) is 15.9 Å². The van der Waals surface area contributed by atoms with Crippen molar-refractivity contribution in [2.24, 2.45) is 0 Å². The molecule has 2 aromatic carbocycles. The Hall–Kier alpha value is -2.80. The highest BCUT2D eigenvalue weighted by atomic mass is 32.2. The van der Waals surface area contributed by atoms with E-state index in [1.807, 2.05) is 24.3 Å². The topological polar surface area (TPSA) is 84.5 Å². The third kappa shape index (κ3) is 6.31. The maximum atomic E-state index is 11.9. The highest BCUT2D eigenvalue weighted by Crippen LogP contribution is 2.16. The third-order valence-corrected chi connectivity index (χ3v) is 3.89.